The molecule has 0 unspecified atom stereocenters. The van der Waals surface area contributed by atoms with Gasteiger partial charge in [-0.25, -0.2) is 4.79 Å². The number of amides is 1. The largest absolute Gasteiger partial charge is 0.441 e. The summed E-state index contributed by atoms with van der Waals surface area (Å²) >= 11 is 6.14. The zero-order valence-corrected chi connectivity index (χ0v) is 10.7. The van der Waals surface area contributed by atoms with Crippen LogP contribution in [0.5, 0.6) is 0 Å². The number of benzene rings is 1. The van der Waals surface area contributed by atoms with Crippen molar-refractivity contribution in [2.24, 2.45) is 0 Å². The highest BCUT2D eigenvalue weighted by molar-refractivity contribution is 6.33. The second-order valence-electron chi connectivity index (χ2n) is 4.84. The summed E-state index contributed by atoms with van der Waals surface area (Å²) in [6.07, 6.45) is 1.43. The number of ether oxygens (including phenoxy) is 1. The molecular weight excluding hydrogens is 252 g/mol. The minimum absolute atomic E-state index is 0.287. The van der Waals surface area contributed by atoms with Crippen LogP contribution in [0.3, 0.4) is 0 Å². The van der Waals surface area contributed by atoms with Crippen LogP contribution in [0.15, 0.2) is 24.3 Å². The highest BCUT2D eigenvalue weighted by Crippen LogP contribution is 2.36. The zero-order chi connectivity index (χ0) is 12.6. The second kappa shape index (κ2) is 4.44. The van der Waals surface area contributed by atoms with E-state index >= 15 is 0 Å². The summed E-state index contributed by atoms with van der Waals surface area (Å²) in [6, 6.07) is 7.37. The lowest BCUT2D eigenvalue weighted by Gasteiger charge is -2.31. The van der Waals surface area contributed by atoms with Gasteiger partial charge in [0.05, 0.1) is 17.3 Å². The molecule has 18 heavy (non-hydrogen) atoms. The standard InChI is InChI=1S/C13H15ClN2O2/c14-10-3-1-2-4-11(10)16-9-13(18-12(16)17)5-7-15-8-6-13/h1-4,15H,5-9H2. The van der Waals surface area contributed by atoms with Gasteiger partial charge in [0.2, 0.25) is 0 Å². The normalized spacial score (nSPS) is 22.3. The highest BCUT2D eigenvalue weighted by Gasteiger charge is 2.46. The van der Waals surface area contributed by atoms with E-state index in [1.165, 1.54) is 0 Å². The maximum absolute atomic E-state index is 12.0. The summed E-state index contributed by atoms with van der Waals surface area (Å²) in [5, 5.41) is 3.86. The van der Waals surface area contributed by atoms with Gasteiger partial charge in [0, 0.05) is 12.8 Å². The number of nitrogens with zero attached hydrogens (tertiary/aromatic N) is 1. The third-order valence-electron chi connectivity index (χ3n) is 3.63. The van der Waals surface area contributed by atoms with Crippen molar-refractivity contribution in [3.63, 3.8) is 0 Å². The van der Waals surface area contributed by atoms with E-state index in [9.17, 15) is 4.79 Å². The van der Waals surface area contributed by atoms with Crippen molar-refractivity contribution < 1.29 is 9.53 Å². The van der Waals surface area contributed by atoms with Crippen LogP contribution in [0.2, 0.25) is 5.02 Å². The maximum Gasteiger partial charge on any atom is 0.415 e. The van der Waals surface area contributed by atoms with Gasteiger partial charge in [0.1, 0.15) is 5.60 Å². The number of piperidine rings is 1. The molecule has 2 aliphatic heterocycles. The van der Waals surface area contributed by atoms with Gasteiger partial charge in [-0.15, -0.1) is 0 Å². The second-order valence-corrected chi connectivity index (χ2v) is 5.25. The number of hydrogen-bond donors (Lipinski definition) is 1. The Kier molecular flexibility index (Phi) is 2.92. The molecule has 0 saturated carbocycles. The summed E-state index contributed by atoms with van der Waals surface area (Å²) in [5.41, 5.74) is 0.404. The molecule has 0 aliphatic carbocycles. The molecule has 4 nitrogen and oxygen atoms in total. The van der Waals surface area contributed by atoms with Crippen molar-refractivity contribution in [2.75, 3.05) is 24.5 Å². The van der Waals surface area contributed by atoms with E-state index in [4.69, 9.17) is 16.3 Å². The average Bonchev–Trinajstić information content (AvgIpc) is 2.67. The predicted molar refractivity (Wildman–Crippen MR) is 70.1 cm³/mol. The molecule has 3 rings (SSSR count). The van der Waals surface area contributed by atoms with E-state index in [1.807, 2.05) is 18.2 Å². The van der Waals surface area contributed by atoms with Crippen LogP contribution in [-0.4, -0.2) is 31.3 Å². The Morgan fingerprint density at radius 3 is 2.72 bits per heavy atom. The maximum atomic E-state index is 12.0. The van der Waals surface area contributed by atoms with Crippen molar-refractivity contribution in [3.8, 4) is 0 Å². The fourth-order valence-electron chi connectivity index (χ4n) is 2.62. The summed E-state index contributed by atoms with van der Waals surface area (Å²) < 4.78 is 5.60. The molecule has 1 spiro atoms. The fraction of sp³-hybridized carbons (Fsp3) is 0.462. The molecule has 0 bridgehead atoms. The summed E-state index contributed by atoms with van der Waals surface area (Å²) in [5.74, 6) is 0. The molecular formula is C13H15ClN2O2. The molecule has 1 aromatic rings. The minimum Gasteiger partial charge on any atom is -0.441 e. The molecule has 2 heterocycles. The van der Waals surface area contributed by atoms with Gasteiger partial charge in [0.15, 0.2) is 0 Å². The van der Waals surface area contributed by atoms with Gasteiger partial charge in [-0.1, -0.05) is 23.7 Å². The van der Waals surface area contributed by atoms with Gasteiger partial charge < -0.3 is 10.1 Å². The molecule has 2 saturated heterocycles. The molecule has 96 valence electrons. The first kappa shape index (κ1) is 11.8. The Morgan fingerprint density at radius 2 is 2.00 bits per heavy atom. The zero-order valence-electron chi connectivity index (χ0n) is 9.99. The first-order valence-electron chi connectivity index (χ1n) is 6.16. The van der Waals surface area contributed by atoms with Gasteiger partial charge >= 0.3 is 6.09 Å². The topological polar surface area (TPSA) is 41.6 Å². The van der Waals surface area contributed by atoms with Crippen LogP contribution < -0.4 is 10.2 Å². The van der Waals surface area contributed by atoms with Crippen molar-refractivity contribution in [1.29, 1.82) is 0 Å². The number of rotatable bonds is 1. The number of hydrogen-bond acceptors (Lipinski definition) is 3. The lowest BCUT2D eigenvalue weighted by Crippen LogP contribution is -2.44. The highest BCUT2D eigenvalue weighted by atomic mass is 35.5. The molecule has 0 atom stereocenters. The first-order chi connectivity index (χ1) is 8.70. The molecule has 1 N–H and O–H groups in total. The fourth-order valence-corrected chi connectivity index (χ4v) is 2.86. The Morgan fingerprint density at radius 1 is 1.28 bits per heavy atom. The van der Waals surface area contributed by atoms with Gasteiger partial charge in [0.25, 0.3) is 0 Å². The third kappa shape index (κ3) is 1.95. The molecule has 1 aromatic carbocycles. The quantitative estimate of drug-likeness (QED) is 0.849. The van der Waals surface area contributed by atoms with Crippen molar-refractivity contribution in [2.45, 2.75) is 18.4 Å². The Balaban J connectivity index is 1.87. The smallest absolute Gasteiger partial charge is 0.415 e. The molecule has 5 heteroatoms. The van der Waals surface area contributed by atoms with Gasteiger partial charge in [-0.2, -0.15) is 0 Å². The molecule has 2 aliphatic rings. The Labute approximate surface area is 111 Å². The average molecular weight is 267 g/mol. The molecule has 0 radical (unpaired) electrons. The number of anilines is 1. The van der Waals surface area contributed by atoms with Crippen LogP contribution in [0.1, 0.15) is 12.8 Å². The first-order valence-corrected chi connectivity index (χ1v) is 6.54. The summed E-state index contributed by atoms with van der Waals surface area (Å²) in [6.45, 7) is 2.38. The molecule has 2 fully saturated rings. The Hall–Kier alpha value is -1.26. The van der Waals surface area contributed by atoms with Crippen LogP contribution in [0.4, 0.5) is 10.5 Å². The van der Waals surface area contributed by atoms with Crippen LogP contribution >= 0.6 is 11.6 Å². The van der Waals surface area contributed by atoms with Gasteiger partial charge in [-0.3, -0.25) is 4.90 Å². The van der Waals surface area contributed by atoms with Crippen LogP contribution in [0, 0.1) is 0 Å². The number of carbonyl (C=O) groups is 1. The number of nitrogens with one attached hydrogen (secondary N) is 1. The van der Waals surface area contributed by atoms with E-state index in [-0.39, 0.29) is 11.7 Å². The van der Waals surface area contributed by atoms with E-state index in [2.05, 4.69) is 5.32 Å². The molecule has 1 amide bonds. The third-order valence-corrected chi connectivity index (χ3v) is 3.95. The summed E-state index contributed by atoms with van der Waals surface area (Å²) in [4.78, 5) is 13.7. The SMILES string of the molecule is O=C1OC2(CCNCC2)CN1c1ccccc1Cl. The van der Waals surface area contributed by atoms with Crippen molar-refractivity contribution >= 4 is 23.4 Å². The lowest BCUT2D eigenvalue weighted by atomic mass is 9.92. The minimum atomic E-state index is -0.332. The predicted octanol–water partition coefficient (Wildman–Crippen LogP) is 2.42. The van der Waals surface area contributed by atoms with Gasteiger partial charge in [-0.05, 0) is 25.2 Å². The van der Waals surface area contributed by atoms with E-state index in [0.29, 0.717) is 11.6 Å². The number of para-hydroxylation sites is 1. The van der Waals surface area contributed by atoms with E-state index in [0.717, 1.165) is 31.6 Å². The monoisotopic (exact) mass is 266 g/mol. The van der Waals surface area contributed by atoms with Crippen molar-refractivity contribution in [3.05, 3.63) is 29.3 Å². The number of halogens is 1. The van der Waals surface area contributed by atoms with Crippen molar-refractivity contribution in [1.82, 2.24) is 5.32 Å². The molecule has 0 aromatic heterocycles. The van der Waals surface area contributed by atoms with E-state index < -0.39 is 0 Å². The Bertz CT molecular complexity index is 472. The summed E-state index contributed by atoms with van der Waals surface area (Å²) in [7, 11) is 0. The van der Waals surface area contributed by atoms with Crippen LogP contribution in [0.25, 0.3) is 0 Å². The lowest BCUT2D eigenvalue weighted by molar-refractivity contribution is 0.0316. The van der Waals surface area contributed by atoms with E-state index in [1.54, 1.807) is 11.0 Å². The number of carbonyl (C=O) groups excluding carboxylic acids is 1. The van der Waals surface area contributed by atoms with Crippen LogP contribution in [-0.2, 0) is 4.74 Å².